The molecule has 234 valence electrons. The molecule has 8 nitrogen and oxygen atoms in total. The summed E-state index contributed by atoms with van der Waals surface area (Å²) in [7, 11) is 0. The number of aromatic nitrogens is 2. The van der Waals surface area contributed by atoms with Gasteiger partial charge in [-0.05, 0) is 80.1 Å². The lowest BCUT2D eigenvalue weighted by Crippen LogP contribution is -2.42. The molecule has 0 aliphatic carbocycles. The Labute approximate surface area is 268 Å². The largest absolute Gasteiger partial charge is 0.597 e. The van der Waals surface area contributed by atoms with E-state index in [2.05, 4.69) is 45.5 Å². The van der Waals surface area contributed by atoms with Crippen LogP contribution in [0.4, 0.5) is 0 Å². The Morgan fingerprint density at radius 2 is 1.78 bits per heavy atom. The van der Waals surface area contributed by atoms with Gasteiger partial charge in [0.05, 0.1) is 18.3 Å². The van der Waals surface area contributed by atoms with Gasteiger partial charge in [0.2, 0.25) is 0 Å². The second-order valence-corrected chi connectivity index (χ2v) is 15.1. The summed E-state index contributed by atoms with van der Waals surface area (Å²) in [5.41, 5.74) is 7.07. The normalized spacial score (nSPS) is 19.4. The number of likely N-dealkylation sites (tertiary alicyclic amines) is 1. The van der Waals surface area contributed by atoms with Gasteiger partial charge in [0.1, 0.15) is 10.4 Å². The molecular formula is C36H41N5O3S. The van der Waals surface area contributed by atoms with Crippen LogP contribution in [0.1, 0.15) is 66.8 Å². The van der Waals surface area contributed by atoms with Crippen LogP contribution in [-0.4, -0.2) is 65.2 Å². The minimum Gasteiger partial charge on any atom is -0.597 e. The number of amides is 1. The molecule has 1 saturated heterocycles. The van der Waals surface area contributed by atoms with Crippen molar-refractivity contribution in [2.45, 2.75) is 63.5 Å². The number of hydrogen-bond acceptors (Lipinski definition) is 7. The van der Waals surface area contributed by atoms with Crippen molar-refractivity contribution in [1.29, 1.82) is 0 Å². The summed E-state index contributed by atoms with van der Waals surface area (Å²) in [6, 6.07) is 24.0. The fourth-order valence-electron chi connectivity index (χ4n) is 6.39. The van der Waals surface area contributed by atoms with Crippen molar-refractivity contribution in [1.82, 2.24) is 24.5 Å². The molecule has 4 aromatic rings. The zero-order valence-corrected chi connectivity index (χ0v) is 27.0. The summed E-state index contributed by atoms with van der Waals surface area (Å²) in [5.74, 6) is -0.204. The van der Waals surface area contributed by atoms with Crippen LogP contribution in [0.15, 0.2) is 85.2 Å². The Bertz CT molecular complexity index is 1630. The molecule has 6 rings (SSSR count). The van der Waals surface area contributed by atoms with Crippen LogP contribution >= 0.6 is 0 Å². The fraction of sp³-hybridized carbons (Fsp3) is 0.361. The van der Waals surface area contributed by atoms with Gasteiger partial charge in [-0.3, -0.25) is 14.7 Å². The first kappa shape index (κ1) is 31.4. The van der Waals surface area contributed by atoms with Crippen molar-refractivity contribution in [3.05, 3.63) is 108 Å². The SMILES string of the molecule is CC(C)(C)[S+]([O-])N1Cc2cc(C(=O)N[C@@H]3CCN(Cc4ccccc4)C3)nc(-c3cccc(-c4ccncc4)c3)c2[C@H]1CCO. The molecule has 45 heavy (non-hydrogen) atoms. The number of aliphatic hydroxyl groups is 1. The van der Waals surface area contributed by atoms with Crippen LogP contribution in [-0.2, 0) is 24.5 Å². The first-order chi connectivity index (χ1) is 21.7. The van der Waals surface area contributed by atoms with E-state index < -0.39 is 16.1 Å². The fourth-order valence-corrected chi connectivity index (χ4v) is 7.79. The molecule has 1 unspecified atom stereocenters. The summed E-state index contributed by atoms with van der Waals surface area (Å²) < 4.78 is 15.2. The van der Waals surface area contributed by atoms with Gasteiger partial charge < -0.3 is 15.0 Å². The third kappa shape index (κ3) is 6.98. The van der Waals surface area contributed by atoms with Gasteiger partial charge in [-0.2, -0.15) is 0 Å². The average molecular weight is 624 g/mol. The quantitative estimate of drug-likeness (QED) is 0.237. The first-order valence-corrected chi connectivity index (χ1v) is 16.7. The predicted molar refractivity (Wildman–Crippen MR) is 178 cm³/mol. The van der Waals surface area contributed by atoms with Crippen LogP contribution < -0.4 is 5.32 Å². The van der Waals surface area contributed by atoms with Crippen LogP contribution in [0.25, 0.3) is 22.4 Å². The number of nitrogens with zero attached hydrogens (tertiary/aromatic N) is 4. The minimum absolute atomic E-state index is 0.0294. The van der Waals surface area contributed by atoms with Gasteiger partial charge in [-0.15, -0.1) is 4.31 Å². The van der Waals surface area contributed by atoms with E-state index in [1.54, 1.807) is 12.4 Å². The van der Waals surface area contributed by atoms with Crippen molar-refractivity contribution >= 4 is 17.3 Å². The number of hydrogen-bond donors (Lipinski definition) is 2. The first-order valence-electron chi connectivity index (χ1n) is 15.6. The molecule has 9 heteroatoms. The molecule has 0 spiro atoms. The molecular weight excluding hydrogens is 582 g/mol. The third-order valence-corrected chi connectivity index (χ3v) is 10.4. The number of carbonyl (C=O) groups excluding carboxylic acids is 1. The Morgan fingerprint density at radius 1 is 1.02 bits per heavy atom. The van der Waals surface area contributed by atoms with E-state index in [1.807, 2.05) is 67.5 Å². The highest BCUT2D eigenvalue weighted by Crippen LogP contribution is 2.45. The van der Waals surface area contributed by atoms with E-state index in [9.17, 15) is 14.5 Å². The molecule has 0 bridgehead atoms. The summed E-state index contributed by atoms with van der Waals surface area (Å²) in [6.07, 6.45) is 4.83. The Hall–Kier alpha value is -3.60. The Kier molecular flexibility index (Phi) is 9.35. The number of pyridine rings is 2. The number of benzene rings is 2. The molecule has 3 atom stereocenters. The van der Waals surface area contributed by atoms with Crippen molar-refractivity contribution in [3.8, 4) is 22.4 Å². The molecule has 0 saturated carbocycles. The van der Waals surface area contributed by atoms with Gasteiger partial charge in [-0.1, -0.05) is 48.5 Å². The van der Waals surface area contributed by atoms with Crippen LogP contribution in [0, 0.1) is 0 Å². The molecule has 2 aromatic carbocycles. The van der Waals surface area contributed by atoms with Gasteiger partial charge in [0, 0.05) is 67.2 Å². The number of nitrogens with one attached hydrogen (secondary N) is 1. The molecule has 2 aromatic heterocycles. The van der Waals surface area contributed by atoms with Crippen molar-refractivity contribution < 1.29 is 14.5 Å². The molecule has 2 aliphatic heterocycles. The Balaban J connectivity index is 1.34. The van der Waals surface area contributed by atoms with Gasteiger partial charge in [0.15, 0.2) is 0 Å². The van der Waals surface area contributed by atoms with E-state index in [1.165, 1.54) is 5.56 Å². The highest BCUT2D eigenvalue weighted by molar-refractivity contribution is 7.90. The maximum Gasteiger partial charge on any atom is 0.270 e. The molecule has 2 aliphatic rings. The van der Waals surface area contributed by atoms with Crippen molar-refractivity contribution in [2.24, 2.45) is 0 Å². The van der Waals surface area contributed by atoms with Crippen molar-refractivity contribution in [2.75, 3.05) is 19.7 Å². The van der Waals surface area contributed by atoms with E-state index in [0.717, 1.165) is 53.9 Å². The van der Waals surface area contributed by atoms with Gasteiger partial charge in [0.25, 0.3) is 5.91 Å². The second-order valence-electron chi connectivity index (χ2n) is 12.9. The lowest BCUT2D eigenvalue weighted by Gasteiger charge is -2.33. The summed E-state index contributed by atoms with van der Waals surface area (Å²) in [4.78, 5) is 25.3. The molecule has 4 heterocycles. The van der Waals surface area contributed by atoms with E-state index in [-0.39, 0.29) is 24.6 Å². The zero-order valence-electron chi connectivity index (χ0n) is 26.1. The Morgan fingerprint density at radius 3 is 2.51 bits per heavy atom. The lowest BCUT2D eigenvalue weighted by molar-refractivity contribution is 0.0932. The average Bonchev–Trinajstić information content (AvgIpc) is 3.64. The standard InChI is InChI=1S/C36H41N5O3S/c1-36(2,3)45(44)41-23-29-21-31(35(43)38-30-14-18-40(24-30)22-25-8-5-4-6-9-25)39-34(33(29)32(41)15-19-42)28-11-7-10-27(20-28)26-12-16-37-17-13-26/h4-13,16-17,20-21,30,32,42H,14-15,18-19,22-24H2,1-3H3,(H,38,43)/t30-,32-,45?/m1/s1. The number of carbonyl (C=O) groups is 1. The number of rotatable bonds is 9. The smallest absolute Gasteiger partial charge is 0.270 e. The minimum atomic E-state index is -1.33. The summed E-state index contributed by atoms with van der Waals surface area (Å²) >= 11 is -1.33. The van der Waals surface area contributed by atoms with Crippen LogP contribution in [0.5, 0.6) is 0 Å². The number of fused-ring (bicyclic) bond motifs is 1. The molecule has 1 amide bonds. The lowest BCUT2D eigenvalue weighted by atomic mass is 9.94. The predicted octanol–water partition coefficient (Wildman–Crippen LogP) is 5.52. The number of aliphatic hydroxyl groups excluding tert-OH is 1. The maximum atomic E-state index is 13.8. The maximum absolute atomic E-state index is 13.8. The van der Waals surface area contributed by atoms with Crippen LogP contribution in [0.2, 0.25) is 0 Å². The topological polar surface area (TPSA) is 105 Å². The van der Waals surface area contributed by atoms with Gasteiger partial charge >= 0.3 is 0 Å². The third-order valence-electron chi connectivity index (χ3n) is 8.53. The highest BCUT2D eigenvalue weighted by Gasteiger charge is 2.45. The van der Waals surface area contributed by atoms with Crippen molar-refractivity contribution in [3.63, 3.8) is 0 Å². The zero-order chi connectivity index (χ0) is 31.6. The summed E-state index contributed by atoms with van der Waals surface area (Å²) in [5, 5.41) is 13.4. The monoisotopic (exact) mass is 623 g/mol. The van der Waals surface area contributed by atoms with Gasteiger partial charge in [-0.25, -0.2) is 4.98 Å². The van der Waals surface area contributed by atoms with Crippen LogP contribution in [0.3, 0.4) is 0 Å². The van der Waals surface area contributed by atoms with E-state index in [4.69, 9.17) is 4.98 Å². The van der Waals surface area contributed by atoms with E-state index >= 15 is 0 Å². The summed E-state index contributed by atoms with van der Waals surface area (Å²) in [6.45, 7) is 8.79. The molecule has 2 N–H and O–H groups in total. The molecule has 0 radical (unpaired) electrons. The highest BCUT2D eigenvalue weighted by atomic mass is 32.2. The second kappa shape index (κ2) is 13.4. The van der Waals surface area contributed by atoms with E-state index in [0.29, 0.717) is 24.4 Å². The molecule has 1 fully saturated rings.